The number of aliphatic hydroxyl groups excluding tert-OH is 1. The zero-order valence-corrected chi connectivity index (χ0v) is 11.0. The summed E-state index contributed by atoms with van der Waals surface area (Å²) in [4.78, 5) is 15.4. The van der Waals surface area contributed by atoms with E-state index in [9.17, 15) is 9.90 Å². The summed E-state index contributed by atoms with van der Waals surface area (Å²) in [5.41, 5.74) is 3.83. The molecule has 1 atom stereocenters. The average Bonchev–Trinajstić information content (AvgIpc) is 2.47. The Labute approximate surface area is 117 Å². The molecular formula is C16H16N2O2. The zero-order chi connectivity index (χ0) is 13.9. The van der Waals surface area contributed by atoms with Crippen LogP contribution in [0.5, 0.6) is 0 Å². The highest BCUT2D eigenvalue weighted by atomic mass is 16.3. The number of nitrogens with zero attached hydrogens (tertiary/aromatic N) is 1. The molecule has 0 spiro atoms. The van der Waals surface area contributed by atoms with Crippen LogP contribution in [-0.4, -0.2) is 16.0 Å². The van der Waals surface area contributed by atoms with E-state index in [4.69, 9.17) is 0 Å². The first-order chi connectivity index (χ1) is 9.72. The molecule has 20 heavy (non-hydrogen) atoms. The Morgan fingerprint density at radius 3 is 3.00 bits per heavy atom. The predicted molar refractivity (Wildman–Crippen MR) is 76.3 cm³/mol. The first kappa shape index (κ1) is 12.8. The topological polar surface area (TPSA) is 62.2 Å². The largest absolute Gasteiger partial charge is 0.388 e. The van der Waals surface area contributed by atoms with Crippen LogP contribution in [0.25, 0.3) is 0 Å². The number of carbonyl (C=O) groups excluding carboxylic acids is 1. The highest BCUT2D eigenvalue weighted by molar-refractivity contribution is 5.93. The molecule has 1 aromatic heterocycles. The van der Waals surface area contributed by atoms with Crippen molar-refractivity contribution in [3.63, 3.8) is 0 Å². The summed E-state index contributed by atoms with van der Waals surface area (Å²) in [5, 5.41) is 13.2. The van der Waals surface area contributed by atoms with Gasteiger partial charge in [0, 0.05) is 30.9 Å². The molecule has 1 amide bonds. The fourth-order valence-corrected chi connectivity index (χ4v) is 2.47. The summed E-state index contributed by atoms with van der Waals surface area (Å²) in [7, 11) is 0. The Morgan fingerprint density at radius 2 is 2.20 bits per heavy atom. The van der Waals surface area contributed by atoms with Gasteiger partial charge in [0.15, 0.2) is 0 Å². The molecule has 0 bridgehead atoms. The number of aliphatic hydroxyl groups is 1. The van der Waals surface area contributed by atoms with Crippen molar-refractivity contribution < 1.29 is 9.90 Å². The fourth-order valence-electron chi connectivity index (χ4n) is 2.47. The number of pyridine rings is 1. The van der Waals surface area contributed by atoms with Crippen LogP contribution in [0.3, 0.4) is 0 Å². The zero-order valence-electron chi connectivity index (χ0n) is 11.0. The van der Waals surface area contributed by atoms with Crippen molar-refractivity contribution in [3.05, 3.63) is 59.4 Å². The van der Waals surface area contributed by atoms with E-state index in [0.717, 1.165) is 28.8 Å². The summed E-state index contributed by atoms with van der Waals surface area (Å²) in [6.07, 6.45) is 4.71. The lowest BCUT2D eigenvalue weighted by Crippen LogP contribution is -2.19. The number of hydrogen-bond donors (Lipinski definition) is 2. The van der Waals surface area contributed by atoms with Crippen LogP contribution in [0.15, 0.2) is 42.7 Å². The average molecular weight is 268 g/mol. The molecule has 4 nitrogen and oxygen atoms in total. The normalized spacial score (nSPS) is 15.3. The smallest absolute Gasteiger partial charge is 0.224 e. The quantitative estimate of drug-likeness (QED) is 0.897. The lowest BCUT2D eigenvalue weighted by atomic mass is 9.96. The summed E-state index contributed by atoms with van der Waals surface area (Å²) >= 11 is 0. The van der Waals surface area contributed by atoms with E-state index >= 15 is 0 Å². The number of aromatic nitrogens is 1. The second kappa shape index (κ2) is 5.43. The fraction of sp³-hybridized carbons (Fsp3) is 0.250. The molecule has 2 aromatic rings. The van der Waals surface area contributed by atoms with Crippen molar-refractivity contribution in [1.82, 2.24) is 4.98 Å². The highest BCUT2D eigenvalue weighted by Crippen LogP contribution is 2.27. The van der Waals surface area contributed by atoms with Gasteiger partial charge in [-0.1, -0.05) is 18.2 Å². The molecule has 2 N–H and O–H groups in total. The van der Waals surface area contributed by atoms with E-state index < -0.39 is 6.10 Å². The number of anilines is 1. The number of aryl methyl sites for hydroxylation is 1. The third kappa shape index (κ3) is 2.70. The second-order valence-corrected chi connectivity index (χ2v) is 5.05. The number of rotatable bonds is 3. The second-order valence-electron chi connectivity index (χ2n) is 5.05. The minimum Gasteiger partial charge on any atom is -0.388 e. The molecule has 102 valence electrons. The number of nitrogens with one attached hydrogen (secondary N) is 1. The van der Waals surface area contributed by atoms with Gasteiger partial charge < -0.3 is 10.4 Å². The summed E-state index contributed by atoms with van der Waals surface area (Å²) in [6, 6.07) is 9.54. The van der Waals surface area contributed by atoms with Gasteiger partial charge in [0.2, 0.25) is 5.91 Å². The molecular weight excluding hydrogens is 252 g/mol. The Hall–Kier alpha value is -2.20. The van der Waals surface area contributed by atoms with Crippen LogP contribution in [-0.2, 0) is 17.6 Å². The van der Waals surface area contributed by atoms with Crippen LogP contribution >= 0.6 is 0 Å². The summed E-state index contributed by atoms with van der Waals surface area (Å²) in [6.45, 7) is 0. The predicted octanol–water partition coefficient (Wildman–Crippen LogP) is 2.24. The standard InChI is InChI=1S/C16H16N2O2/c19-15(8-11-2-1-7-17-10-11)13-3-5-14-12(9-13)4-6-16(20)18-14/h1-3,5,7,9-10,15,19H,4,6,8H2,(H,18,20). The highest BCUT2D eigenvalue weighted by Gasteiger charge is 2.17. The van der Waals surface area contributed by atoms with Crippen LogP contribution in [0.1, 0.15) is 29.2 Å². The number of fused-ring (bicyclic) bond motifs is 1. The molecule has 0 radical (unpaired) electrons. The Balaban J connectivity index is 1.79. The van der Waals surface area contributed by atoms with Gasteiger partial charge in [-0.2, -0.15) is 0 Å². The molecule has 3 rings (SSSR count). The first-order valence-corrected chi connectivity index (χ1v) is 6.72. The van der Waals surface area contributed by atoms with Gasteiger partial charge in [-0.05, 0) is 35.2 Å². The van der Waals surface area contributed by atoms with Gasteiger partial charge >= 0.3 is 0 Å². The van der Waals surface area contributed by atoms with Crippen LogP contribution in [0.2, 0.25) is 0 Å². The SMILES string of the molecule is O=C1CCc2cc(C(O)Cc3cccnc3)ccc2N1. The van der Waals surface area contributed by atoms with Gasteiger partial charge in [-0.15, -0.1) is 0 Å². The minimum atomic E-state index is -0.554. The maximum atomic E-state index is 11.3. The Kier molecular flexibility index (Phi) is 3.48. The van der Waals surface area contributed by atoms with Crippen molar-refractivity contribution in [2.75, 3.05) is 5.32 Å². The van der Waals surface area contributed by atoms with Gasteiger partial charge in [-0.3, -0.25) is 9.78 Å². The lowest BCUT2D eigenvalue weighted by Gasteiger charge is -2.19. The first-order valence-electron chi connectivity index (χ1n) is 6.72. The molecule has 1 unspecified atom stereocenters. The lowest BCUT2D eigenvalue weighted by molar-refractivity contribution is -0.116. The Bertz CT molecular complexity index is 626. The maximum Gasteiger partial charge on any atom is 0.224 e. The van der Waals surface area contributed by atoms with Crippen molar-refractivity contribution in [1.29, 1.82) is 0 Å². The van der Waals surface area contributed by atoms with Crippen molar-refractivity contribution in [2.24, 2.45) is 0 Å². The molecule has 0 saturated heterocycles. The maximum absolute atomic E-state index is 11.3. The molecule has 1 aromatic carbocycles. The van der Waals surface area contributed by atoms with Crippen molar-refractivity contribution >= 4 is 11.6 Å². The number of amides is 1. The monoisotopic (exact) mass is 268 g/mol. The van der Waals surface area contributed by atoms with E-state index in [0.29, 0.717) is 12.8 Å². The third-order valence-corrected chi connectivity index (χ3v) is 3.56. The van der Waals surface area contributed by atoms with Crippen LogP contribution < -0.4 is 5.32 Å². The number of hydrogen-bond acceptors (Lipinski definition) is 3. The van der Waals surface area contributed by atoms with Crippen molar-refractivity contribution in [3.8, 4) is 0 Å². The summed E-state index contributed by atoms with van der Waals surface area (Å²) < 4.78 is 0. The minimum absolute atomic E-state index is 0.0566. The number of carbonyl (C=O) groups is 1. The van der Waals surface area contributed by atoms with E-state index in [1.54, 1.807) is 12.4 Å². The molecule has 4 heteroatoms. The molecule has 0 saturated carbocycles. The van der Waals surface area contributed by atoms with E-state index in [1.165, 1.54) is 0 Å². The van der Waals surface area contributed by atoms with Crippen LogP contribution in [0, 0.1) is 0 Å². The molecule has 2 heterocycles. The van der Waals surface area contributed by atoms with Gasteiger partial charge in [0.05, 0.1) is 6.10 Å². The van der Waals surface area contributed by atoms with Gasteiger partial charge in [0.25, 0.3) is 0 Å². The molecule has 1 aliphatic heterocycles. The van der Waals surface area contributed by atoms with Gasteiger partial charge in [0.1, 0.15) is 0 Å². The van der Waals surface area contributed by atoms with Crippen LogP contribution in [0.4, 0.5) is 5.69 Å². The van der Waals surface area contributed by atoms with E-state index in [2.05, 4.69) is 10.3 Å². The molecule has 0 aliphatic carbocycles. The molecule has 1 aliphatic rings. The van der Waals surface area contributed by atoms with E-state index in [-0.39, 0.29) is 5.91 Å². The van der Waals surface area contributed by atoms with E-state index in [1.807, 2.05) is 30.3 Å². The van der Waals surface area contributed by atoms with Crippen molar-refractivity contribution in [2.45, 2.75) is 25.4 Å². The number of benzene rings is 1. The Morgan fingerprint density at radius 1 is 1.30 bits per heavy atom. The summed E-state index contributed by atoms with van der Waals surface area (Å²) in [5.74, 6) is 0.0566. The molecule has 0 fully saturated rings. The van der Waals surface area contributed by atoms with Gasteiger partial charge in [-0.25, -0.2) is 0 Å². The third-order valence-electron chi connectivity index (χ3n) is 3.56.